The SMILES string of the molecule is CCc1oc(CN)nc1CC(C)C. The molecule has 3 heteroatoms. The van der Waals surface area contributed by atoms with Crippen LogP contribution in [0.2, 0.25) is 0 Å². The summed E-state index contributed by atoms with van der Waals surface area (Å²) in [5, 5.41) is 0. The lowest BCUT2D eigenvalue weighted by atomic mass is 10.1. The van der Waals surface area contributed by atoms with E-state index in [4.69, 9.17) is 10.2 Å². The largest absolute Gasteiger partial charge is 0.444 e. The first-order valence-electron chi connectivity index (χ1n) is 4.84. The van der Waals surface area contributed by atoms with E-state index in [1.54, 1.807) is 0 Å². The molecule has 0 unspecified atom stereocenters. The van der Waals surface area contributed by atoms with Crippen LogP contribution in [0.3, 0.4) is 0 Å². The first-order chi connectivity index (χ1) is 6.17. The monoisotopic (exact) mass is 182 g/mol. The van der Waals surface area contributed by atoms with E-state index in [1.165, 1.54) is 0 Å². The number of hydrogen-bond acceptors (Lipinski definition) is 3. The lowest BCUT2D eigenvalue weighted by Gasteiger charge is -2.00. The van der Waals surface area contributed by atoms with Gasteiger partial charge in [-0.3, -0.25) is 0 Å². The van der Waals surface area contributed by atoms with Gasteiger partial charge in [-0.15, -0.1) is 0 Å². The first-order valence-corrected chi connectivity index (χ1v) is 4.84. The third kappa shape index (κ3) is 2.56. The maximum atomic E-state index is 5.48. The van der Waals surface area contributed by atoms with E-state index >= 15 is 0 Å². The average molecular weight is 182 g/mol. The second-order valence-corrected chi connectivity index (χ2v) is 3.63. The summed E-state index contributed by atoms with van der Waals surface area (Å²) in [4.78, 5) is 4.35. The smallest absolute Gasteiger partial charge is 0.208 e. The molecule has 1 aromatic heterocycles. The van der Waals surface area contributed by atoms with E-state index < -0.39 is 0 Å². The molecule has 0 radical (unpaired) electrons. The van der Waals surface area contributed by atoms with Crippen LogP contribution in [0, 0.1) is 5.92 Å². The van der Waals surface area contributed by atoms with Crippen molar-refractivity contribution < 1.29 is 4.42 Å². The van der Waals surface area contributed by atoms with Crippen molar-refractivity contribution in [2.45, 2.75) is 40.2 Å². The fraction of sp³-hybridized carbons (Fsp3) is 0.700. The summed E-state index contributed by atoms with van der Waals surface area (Å²) >= 11 is 0. The van der Waals surface area contributed by atoms with Gasteiger partial charge in [0.1, 0.15) is 5.76 Å². The van der Waals surface area contributed by atoms with Crippen LogP contribution in [0.15, 0.2) is 4.42 Å². The number of aryl methyl sites for hydroxylation is 1. The highest BCUT2D eigenvalue weighted by molar-refractivity contribution is 5.10. The summed E-state index contributed by atoms with van der Waals surface area (Å²) in [6.07, 6.45) is 1.88. The van der Waals surface area contributed by atoms with Crippen molar-refractivity contribution in [2.24, 2.45) is 11.7 Å². The zero-order valence-corrected chi connectivity index (χ0v) is 8.63. The predicted octanol–water partition coefficient (Wildman–Crippen LogP) is 1.89. The van der Waals surface area contributed by atoms with Gasteiger partial charge in [-0.25, -0.2) is 4.98 Å². The molecule has 2 N–H and O–H groups in total. The number of hydrogen-bond donors (Lipinski definition) is 1. The van der Waals surface area contributed by atoms with Crippen molar-refractivity contribution in [2.75, 3.05) is 0 Å². The van der Waals surface area contributed by atoms with Crippen LogP contribution >= 0.6 is 0 Å². The van der Waals surface area contributed by atoms with Crippen molar-refractivity contribution in [3.63, 3.8) is 0 Å². The van der Waals surface area contributed by atoms with Gasteiger partial charge in [-0.05, 0) is 12.3 Å². The molecule has 0 aromatic carbocycles. The van der Waals surface area contributed by atoms with Gasteiger partial charge in [0.05, 0.1) is 12.2 Å². The maximum absolute atomic E-state index is 5.48. The Morgan fingerprint density at radius 3 is 2.62 bits per heavy atom. The lowest BCUT2D eigenvalue weighted by Crippen LogP contribution is -1.99. The van der Waals surface area contributed by atoms with Crippen LogP contribution in [0.25, 0.3) is 0 Å². The van der Waals surface area contributed by atoms with Gasteiger partial charge in [-0.1, -0.05) is 20.8 Å². The summed E-state index contributed by atoms with van der Waals surface area (Å²) in [6.45, 7) is 6.82. The molecule has 0 aliphatic heterocycles. The number of oxazole rings is 1. The van der Waals surface area contributed by atoms with E-state index in [-0.39, 0.29) is 0 Å². The van der Waals surface area contributed by atoms with E-state index in [0.29, 0.717) is 18.4 Å². The Morgan fingerprint density at radius 2 is 2.15 bits per heavy atom. The molecule has 0 fully saturated rings. The molecular formula is C10H18N2O. The van der Waals surface area contributed by atoms with Gasteiger partial charge in [-0.2, -0.15) is 0 Å². The molecule has 74 valence electrons. The van der Waals surface area contributed by atoms with Crippen molar-refractivity contribution in [3.05, 3.63) is 17.3 Å². The van der Waals surface area contributed by atoms with Crippen LogP contribution in [0.5, 0.6) is 0 Å². The first kappa shape index (κ1) is 10.3. The van der Waals surface area contributed by atoms with E-state index in [0.717, 1.165) is 24.3 Å². The normalized spacial score (nSPS) is 11.2. The minimum absolute atomic E-state index is 0.394. The van der Waals surface area contributed by atoms with Crippen LogP contribution in [0.1, 0.15) is 38.1 Å². The zero-order chi connectivity index (χ0) is 9.84. The second-order valence-electron chi connectivity index (χ2n) is 3.63. The van der Waals surface area contributed by atoms with Gasteiger partial charge in [0.2, 0.25) is 5.89 Å². The Hall–Kier alpha value is -0.830. The Labute approximate surface area is 79.3 Å². The molecule has 0 aliphatic rings. The predicted molar refractivity (Wildman–Crippen MR) is 52.3 cm³/mol. The standard InChI is InChI=1S/C10H18N2O/c1-4-9-8(5-7(2)3)12-10(6-11)13-9/h7H,4-6,11H2,1-3H3. The summed E-state index contributed by atoms with van der Waals surface area (Å²) < 4.78 is 5.48. The van der Waals surface area contributed by atoms with E-state index in [9.17, 15) is 0 Å². The molecule has 0 saturated heterocycles. The number of rotatable bonds is 4. The number of aromatic nitrogens is 1. The summed E-state index contributed by atoms with van der Waals surface area (Å²) in [6, 6.07) is 0. The van der Waals surface area contributed by atoms with Crippen molar-refractivity contribution in [1.29, 1.82) is 0 Å². The topological polar surface area (TPSA) is 52.0 Å². The minimum atomic E-state index is 0.394. The van der Waals surface area contributed by atoms with Crippen molar-refractivity contribution in [3.8, 4) is 0 Å². The summed E-state index contributed by atoms with van der Waals surface area (Å²) in [5.74, 6) is 2.27. The second kappa shape index (κ2) is 4.42. The van der Waals surface area contributed by atoms with Crippen molar-refractivity contribution >= 4 is 0 Å². The molecule has 0 aliphatic carbocycles. The molecule has 13 heavy (non-hydrogen) atoms. The van der Waals surface area contributed by atoms with Crippen LogP contribution < -0.4 is 5.73 Å². The molecular weight excluding hydrogens is 164 g/mol. The highest BCUT2D eigenvalue weighted by Crippen LogP contribution is 2.15. The van der Waals surface area contributed by atoms with Crippen LogP contribution in [-0.4, -0.2) is 4.98 Å². The Morgan fingerprint density at radius 1 is 1.46 bits per heavy atom. The molecule has 0 spiro atoms. The van der Waals surface area contributed by atoms with Crippen LogP contribution in [0.4, 0.5) is 0 Å². The molecule has 1 aromatic rings. The molecule has 0 atom stereocenters. The van der Waals surface area contributed by atoms with Crippen molar-refractivity contribution in [1.82, 2.24) is 4.98 Å². The van der Waals surface area contributed by atoms with E-state index in [1.807, 2.05) is 0 Å². The maximum Gasteiger partial charge on any atom is 0.208 e. The molecule has 0 saturated carbocycles. The molecule has 1 heterocycles. The van der Waals surface area contributed by atoms with Gasteiger partial charge in [0, 0.05) is 6.42 Å². The van der Waals surface area contributed by atoms with Crippen LogP contribution in [-0.2, 0) is 19.4 Å². The third-order valence-electron chi connectivity index (χ3n) is 1.92. The van der Waals surface area contributed by atoms with E-state index in [2.05, 4.69) is 25.8 Å². The molecule has 0 amide bonds. The lowest BCUT2D eigenvalue weighted by molar-refractivity contribution is 0.458. The zero-order valence-electron chi connectivity index (χ0n) is 8.63. The Balaban J connectivity index is 2.84. The van der Waals surface area contributed by atoms with Gasteiger partial charge >= 0.3 is 0 Å². The van der Waals surface area contributed by atoms with Gasteiger partial charge in [0.15, 0.2) is 0 Å². The average Bonchev–Trinajstić information content (AvgIpc) is 2.46. The minimum Gasteiger partial charge on any atom is -0.444 e. The fourth-order valence-corrected chi connectivity index (χ4v) is 1.35. The number of nitrogens with zero attached hydrogens (tertiary/aromatic N) is 1. The molecule has 3 nitrogen and oxygen atoms in total. The van der Waals surface area contributed by atoms with Gasteiger partial charge in [0.25, 0.3) is 0 Å². The summed E-state index contributed by atoms with van der Waals surface area (Å²) in [7, 11) is 0. The Bertz CT molecular complexity index is 266. The van der Waals surface area contributed by atoms with Gasteiger partial charge < -0.3 is 10.2 Å². The Kier molecular flexibility index (Phi) is 3.48. The molecule has 1 rings (SSSR count). The summed E-state index contributed by atoms with van der Waals surface area (Å²) in [5.41, 5.74) is 6.54. The number of nitrogens with two attached hydrogens (primary N) is 1. The quantitative estimate of drug-likeness (QED) is 0.773. The fourth-order valence-electron chi connectivity index (χ4n) is 1.35. The highest BCUT2D eigenvalue weighted by Gasteiger charge is 2.11. The molecule has 0 bridgehead atoms. The highest BCUT2D eigenvalue weighted by atomic mass is 16.4. The third-order valence-corrected chi connectivity index (χ3v) is 1.92.